The molecule has 0 N–H and O–H groups in total. The van der Waals surface area contributed by atoms with Gasteiger partial charge in [-0.05, 0) is 0 Å². The molecule has 0 bridgehead atoms. The summed E-state index contributed by atoms with van der Waals surface area (Å²) >= 11 is 0.143. The Balaban J connectivity index is 2.55. The average Bonchev–Trinajstić information content (AvgIpc) is 1.96. The van der Waals surface area contributed by atoms with Crippen LogP contribution in [0.3, 0.4) is 0 Å². The van der Waals surface area contributed by atoms with Gasteiger partial charge in [0.2, 0.25) is 0 Å². The van der Waals surface area contributed by atoms with Gasteiger partial charge < -0.3 is 0 Å². The first-order chi connectivity index (χ1) is 4.66. The molecule has 1 aliphatic rings. The summed E-state index contributed by atoms with van der Waals surface area (Å²) in [5.74, 6) is 0. The van der Waals surface area contributed by atoms with Crippen molar-refractivity contribution in [3.8, 4) is 0 Å². The molecule has 10 heavy (non-hydrogen) atoms. The quantitative estimate of drug-likeness (QED) is 0.468. The van der Waals surface area contributed by atoms with Crippen molar-refractivity contribution in [3.63, 3.8) is 0 Å². The van der Waals surface area contributed by atoms with Crippen LogP contribution in [0.15, 0.2) is 0 Å². The van der Waals surface area contributed by atoms with Gasteiger partial charge in [0.05, 0.1) is 0 Å². The van der Waals surface area contributed by atoms with Gasteiger partial charge >= 0.3 is 75.5 Å². The third kappa shape index (κ3) is 2.48. The van der Waals surface area contributed by atoms with E-state index in [0.29, 0.717) is 0 Å². The molecule has 0 saturated carbocycles. The summed E-state index contributed by atoms with van der Waals surface area (Å²) in [7, 11) is 8.20. The summed E-state index contributed by atoms with van der Waals surface area (Å²) in [6, 6.07) is 0. The van der Waals surface area contributed by atoms with Gasteiger partial charge in [0.25, 0.3) is 0 Å². The fourth-order valence-corrected chi connectivity index (χ4v) is 7.73. The van der Waals surface area contributed by atoms with E-state index in [1.165, 1.54) is 25.4 Å². The van der Waals surface area contributed by atoms with Crippen molar-refractivity contribution in [3.05, 3.63) is 0 Å². The summed E-state index contributed by atoms with van der Waals surface area (Å²) in [6.45, 7) is 5.01. The number of hydrogen-bond donors (Lipinski definition) is 0. The van der Waals surface area contributed by atoms with Crippen LogP contribution in [0.1, 0.15) is 0 Å². The van der Waals surface area contributed by atoms with Gasteiger partial charge in [0.1, 0.15) is 0 Å². The van der Waals surface area contributed by atoms with Crippen LogP contribution in [-0.4, -0.2) is 44.0 Å². The third-order valence-electron chi connectivity index (χ3n) is 1.98. The van der Waals surface area contributed by atoms with Crippen LogP contribution in [0.25, 0.3) is 0 Å². The third-order valence-corrected chi connectivity index (χ3v) is 16.0. The monoisotopic (exact) mass is 363 g/mol. The van der Waals surface area contributed by atoms with E-state index < -0.39 is 4.69 Å². The first-order valence-electron chi connectivity index (χ1n) is 3.41. The minimum absolute atomic E-state index is 0.143. The first-order valence-corrected chi connectivity index (χ1v) is 11.4. The molecule has 1 rings (SSSR count). The van der Waals surface area contributed by atoms with E-state index in [0.717, 1.165) is 0 Å². The molecular formula is C6H14AuClNP. The molecule has 0 aliphatic carbocycles. The molecule has 1 nitrogen and oxygen atoms in total. The van der Waals surface area contributed by atoms with Crippen LogP contribution in [-0.2, 0) is 17.6 Å². The van der Waals surface area contributed by atoms with Crippen LogP contribution in [0.4, 0.5) is 0 Å². The topological polar surface area (TPSA) is 3.24 Å². The molecule has 0 aromatic carbocycles. The summed E-state index contributed by atoms with van der Waals surface area (Å²) in [4.78, 5) is 2.41. The van der Waals surface area contributed by atoms with Gasteiger partial charge in [-0.25, -0.2) is 0 Å². The molecule has 1 heterocycles. The Labute approximate surface area is 75.4 Å². The Bertz CT molecular complexity index is 159. The van der Waals surface area contributed by atoms with Gasteiger partial charge in [-0.1, -0.05) is 0 Å². The molecule has 0 atom stereocenters. The van der Waals surface area contributed by atoms with E-state index in [4.69, 9.17) is 9.19 Å². The molecule has 66 valence electrons. The van der Waals surface area contributed by atoms with Crippen molar-refractivity contribution in [1.82, 2.24) is 4.90 Å². The Morgan fingerprint density at radius 1 is 1.40 bits per heavy atom. The Kier molecular flexibility index (Phi) is 3.70. The minimum atomic E-state index is -0.561. The molecule has 1 fully saturated rings. The van der Waals surface area contributed by atoms with E-state index in [9.17, 15) is 0 Å². The zero-order chi connectivity index (χ0) is 7.61. The molecule has 0 aromatic rings. The molecular weight excluding hydrogens is 349 g/mol. The molecule has 0 radical (unpaired) electrons. The molecule has 0 aromatic heterocycles. The predicted octanol–water partition coefficient (Wildman–Crippen LogP) is 1.73. The van der Waals surface area contributed by atoms with Gasteiger partial charge in [0.15, 0.2) is 0 Å². The van der Waals surface area contributed by atoms with Crippen molar-refractivity contribution < 1.29 is 17.6 Å². The Hall–Kier alpha value is 1.42. The van der Waals surface area contributed by atoms with Crippen molar-refractivity contribution in [2.75, 3.05) is 39.1 Å². The number of hydrogen-bond acceptors (Lipinski definition) is 1. The zero-order valence-electron chi connectivity index (χ0n) is 6.40. The zero-order valence-corrected chi connectivity index (χ0v) is 10.2. The van der Waals surface area contributed by atoms with E-state index in [1.54, 1.807) is 0 Å². The fourth-order valence-electron chi connectivity index (χ4n) is 1.02. The molecule has 0 amide bonds. The van der Waals surface area contributed by atoms with E-state index >= 15 is 0 Å². The maximum atomic E-state index is 6.00. The standard InChI is InChI=1S/C6H14NP.Au.ClH/c1-7-3-5-8(2)6-4-7;;/h3-6H2,1-2H3;;1H/q;+1;/p-1. The van der Waals surface area contributed by atoms with Crippen molar-refractivity contribution >= 4 is 13.9 Å². The van der Waals surface area contributed by atoms with E-state index in [-0.39, 0.29) is 17.6 Å². The predicted molar refractivity (Wildman–Crippen MR) is 45.9 cm³/mol. The normalized spacial score (nSPS) is 27.1. The van der Waals surface area contributed by atoms with Crippen molar-refractivity contribution in [2.45, 2.75) is 0 Å². The number of halogens is 1. The summed E-state index contributed by atoms with van der Waals surface area (Å²) < 4.78 is -0.561. The maximum absolute atomic E-state index is 6.00. The molecule has 0 spiro atoms. The van der Waals surface area contributed by atoms with Crippen molar-refractivity contribution in [2.24, 2.45) is 0 Å². The second-order valence-corrected chi connectivity index (χ2v) is 17.0. The first kappa shape index (κ1) is 9.51. The number of rotatable bonds is 0. The van der Waals surface area contributed by atoms with E-state index in [1.807, 2.05) is 0 Å². The summed E-state index contributed by atoms with van der Waals surface area (Å²) in [5, 5.41) is 0. The Morgan fingerprint density at radius 2 is 1.90 bits per heavy atom. The van der Waals surface area contributed by atoms with Gasteiger partial charge in [0, 0.05) is 0 Å². The van der Waals surface area contributed by atoms with Crippen LogP contribution in [0.5, 0.6) is 0 Å². The second kappa shape index (κ2) is 3.89. The van der Waals surface area contributed by atoms with Crippen molar-refractivity contribution in [1.29, 1.82) is 0 Å². The SMILES string of the molecule is CN1CC[P](C)(=[Au][Cl])CC1. The van der Waals surface area contributed by atoms with Crippen LogP contribution >= 0.6 is 13.9 Å². The summed E-state index contributed by atoms with van der Waals surface area (Å²) in [6.07, 6.45) is 2.82. The molecule has 0 unspecified atom stereocenters. The van der Waals surface area contributed by atoms with Gasteiger partial charge in [-0.3, -0.25) is 0 Å². The van der Waals surface area contributed by atoms with Gasteiger partial charge in [-0.2, -0.15) is 0 Å². The fraction of sp³-hybridized carbons (Fsp3) is 1.00. The van der Waals surface area contributed by atoms with Crippen LogP contribution in [0, 0.1) is 0 Å². The average molecular weight is 364 g/mol. The molecule has 1 saturated heterocycles. The molecule has 4 heteroatoms. The Morgan fingerprint density at radius 3 is 2.30 bits per heavy atom. The van der Waals surface area contributed by atoms with E-state index in [2.05, 4.69) is 18.6 Å². The van der Waals surface area contributed by atoms with Crippen LogP contribution < -0.4 is 0 Å². The molecule has 1 aliphatic heterocycles. The second-order valence-electron chi connectivity index (χ2n) is 2.98. The van der Waals surface area contributed by atoms with Crippen LogP contribution in [0.2, 0.25) is 0 Å². The number of nitrogens with zero attached hydrogens (tertiary/aromatic N) is 1. The summed E-state index contributed by atoms with van der Waals surface area (Å²) in [5.41, 5.74) is 0. The van der Waals surface area contributed by atoms with Gasteiger partial charge in [-0.15, -0.1) is 0 Å².